The van der Waals surface area contributed by atoms with Gasteiger partial charge in [0.15, 0.2) is 0 Å². The van der Waals surface area contributed by atoms with Crippen molar-refractivity contribution in [1.82, 2.24) is 30.1 Å². The van der Waals surface area contributed by atoms with Crippen LogP contribution >= 0.6 is 0 Å². The van der Waals surface area contributed by atoms with Crippen LogP contribution in [-0.4, -0.2) is 31.3 Å². The van der Waals surface area contributed by atoms with Gasteiger partial charge in [0.05, 0.1) is 24.6 Å². The van der Waals surface area contributed by atoms with Gasteiger partial charge in [0.2, 0.25) is 0 Å². The molecule has 2 heterocycles. The molecule has 0 aliphatic rings. The zero-order valence-corrected chi connectivity index (χ0v) is 11.9. The van der Waals surface area contributed by atoms with Gasteiger partial charge >= 0.3 is 0 Å². The lowest BCUT2D eigenvalue weighted by molar-refractivity contribution is 0.548. The van der Waals surface area contributed by atoms with E-state index in [-0.39, 0.29) is 0 Å². The minimum atomic E-state index is 0.648. The lowest BCUT2D eigenvalue weighted by Crippen LogP contribution is -2.19. The molecule has 0 unspecified atom stereocenters. The highest BCUT2D eigenvalue weighted by Gasteiger charge is 2.03. The normalized spacial score (nSPS) is 11.4. The van der Waals surface area contributed by atoms with Crippen LogP contribution in [0.4, 0.5) is 0 Å². The second-order valence-electron chi connectivity index (χ2n) is 5.14. The van der Waals surface area contributed by atoms with Gasteiger partial charge in [-0.2, -0.15) is 5.10 Å². The van der Waals surface area contributed by atoms with E-state index in [1.807, 2.05) is 28.0 Å². The van der Waals surface area contributed by atoms with Crippen molar-refractivity contribution < 1.29 is 0 Å². The molecule has 0 saturated heterocycles. The Morgan fingerprint density at radius 2 is 2.11 bits per heavy atom. The molecule has 19 heavy (non-hydrogen) atoms. The van der Waals surface area contributed by atoms with Crippen LogP contribution in [0.1, 0.15) is 32.0 Å². The number of rotatable bonds is 7. The maximum atomic E-state index is 4.25. The van der Waals surface area contributed by atoms with Crippen LogP contribution in [0, 0.1) is 5.92 Å². The molecule has 0 atom stereocenters. The average molecular weight is 262 g/mol. The smallest absolute Gasteiger partial charge is 0.0964 e. The number of aromatic nitrogens is 5. The summed E-state index contributed by atoms with van der Waals surface area (Å²) in [5.41, 5.74) is 2.12. The van der Waals surface area contributed by atoms with Crippen LogP contribution in [0.2, 0.25) is 0 Å². The van der Waals surface area contributed by atoms with E-state index >= 15 is 0 Å². The van der Waals surface area contributed by atoms with Crippen LogP contribution in [0.3, 0.4) is 0 Å². The minimum Gasteiger partial charge on any atom is -0.311 e. The van der Waals surface area contributed by atoms with Crippen LogP contribution in [0.25, 0.3) is 0 Å². The Morgan fingerprint density at radius 3 is 2.79 bits per heavy atom. The Hall–Kier alpha value is -1.69. The monoisotopic (exact) mass is 262 g/mol. The van der Waals surface area contributed by atoms with Gasteiger partial charge in [-0.25, -0.2) is 4.68 Å². The summed E-state index contributed by atoms with van der Waals surface area (Å²) < 4.78 is 3.76. The molecule has 104 valence electrons. The first-order chi connectivity index (χ1) is 9.17. The SMILES string of the molecule is CCn1cc(Cn2cc(CNCC(C)C)nn2)cn1. The molecule has 0 bridgehead atoms. The van der Waals surface area contributed by atoms with Crippen molar-refractivity contribution in [2.24, 2.45) is 5.92 Å². The van der Waals surface area contributed by atoms with E-state index in [1.54, 1.807) is 0 Å². The van der Waals surface area contributed by atoms with Crippen LogP contribution in [0.5, 0.6) is 0 Å². The standard InChI is InChI=1S/C13H22N6/c1-4-18-8-12(6-15-18)9-19-10-13(16-17-19)7-14-5-11(2)3/h6,8,10-11,14H,4-5,7,9H2,1-3H3. The van der Waals surface area contributed by atoms with E-state index in [4.69, 9.17) is 0 Å². The van der Waals surface area contributed by atoms with Crippen molar-refractivity contribution >= 4 is 0 Å². The topological polar surface area (TPSA) is 60.6 Å². The Bertz CT molecular complexity index is 499. The number of nitrogens with zero attached hydrogens (tertiary/aromatic N) is 5. The predicted molar refractivity (Wildman–Crippen MR) is 73.6 cm³/mol. The lowest BCUT2D eigenvalue weighted by atomic mass is 10.2. The second-order valence-corrected chi connectivity index (χ2v) is 5.14. The van der Waals surface area contributed by atoms with Crippen molar-refractivity contribution in [3.63, 3.8) is 0 Å². The number of hydrogen-bond acceptors (Lipinski definition) is 4. The molecule has 0 aromatic carbocycles. The Balaban J connectivity index is 1.86. The highest BCUT2D eigenvalue weighted by atomic mass is 15.4. The zero-order chi connectivity index (χ0) is 13.7. The molecule has 0 fully saturated rings. The van der Waals surface area contributed by atoms with Gasteiger partial charge in [-0.1, -0.05) is 19.1 Å². The largest absolute Gasteiger partial charge is 0.311 e. The van der Waals surface area contributed by atoms with Gasteiger partial charge in [-0.3, -0.25) is 4.68 Å². The van der Waals surface area contributed by atoms with Crippen LogP contribution in [-0.2, 0) is 19.6 Å². The summed E-state index contributed by atoms with van der Waals surface area (Å²) in [6.45, 7) is 9.83. The summed E-state index contributed by atoms with van der Waals surface area (Å²) in [6, 6.07) is 0. The maximum absolute atomic E-state index is 4.25. The summed E-state index contributed by atoms with van der Waals surface area (Å²) in [5.74, 6) is 0.648. The van der Waals surface area contributed by atoms with Crippen molar-refractivity contribution in [3.8, 4) is 0 Å². The third-order valence-electron chi connectivity index (χ3n) is 2.80. The fraction of sp³-hybridized carbons (Fsp3) is 0.615. The van der Waals surface area contributed by atoms with Crippen molar-refractivity contribution in [2.75, 3.05) is 6.54 Å². The van der Waals surface area contributed by atoms with E-state index < -0.39 is 0 Å². The molecule has 6 heteroatoms. The number of aryl methyl sites for hydroxylation is 1. The predicted octanol–water partition coefficient (Wildman–Crippen LogP) is 1.29. The summed E-state index contributed by atoms with van der Waals surface area (Å²) in [7, 11) is 0. The number of hydrogen-bond donors (Lipinski definition) is 1. The van der Waals surface area contributed by atoms with Crippen LogP contribution in [0.15, 0.2) is 18.6 Å². The summed E-state index contributed by atoms with van der Waals surface area (Å²) in [5, 5.41) is 15.9. The molecule has 1 N–H and O–H groups in total. The van der Waals surface area contributed by atoms with Gasteiger partial charge in [-0.15, -0.1) is 5.10 Å². The molecule has 2 aromatic rings. The third kappa shape index (κ3) is 4.17. The fourth-order valence-electron chi connectivity index (χ4n) is 1.83. The molecule has 0 aliphatic heterocycles. The first-order valence-electron chi connectivity index (χ1n) is 6.78. The van der Waals surface area contributed by atoms with Gasteiger partial charge < -0.3 is 5.32 Å². The lowest BCUT2D eigenvalue weighted by Gasteiger charge is -2.04. The Labute approximate surface area is 113 Å². The average Bonchev–Trinajstić information content (AvgIpc) is 2.99. The van der Waals surface area contributed by atoms with Gasteiger partial charge in [0.1, 0.15) is 0 Å². The summed E-state index contributed by atoms with van der Waals surface area (Å²) in [6.07, 6.45) is 5.90. The molecule has 0 aliphatic carbocycles. The molecule has 0 spiro atoms. The van der Waals surface area contributed by atoms with Crippen LogP contribution < -0.4 is 5.32 Å². The highest BCUT2D eigenvalue weighted by Crippen LogP contribution is 2.02. The van der Waals surface area contributed by atoms with E-state index in [0.717, 1.165) is 37.4 Å². The molecule has 0 radical (unpaired) electrons. The maximum Gasteiger partial charge on any atom is 0.0964 e. The highest BCUT2D eigenvalue weighted by molar-refractivity contribution is 5.05. The molecule has 2 rings (SSSR count). The van der Waals surface area contributed by atoms with Gasteiger partial charge in [0.25, 0.3) is 0 Å². The molecule has 0 amide bonds. The quantitative estimate of drug-likeness (QED) is 0.817. The summed E-state index contributed by atoms with van der Waals surface area (Å²) in [4.78, 5) is 0. The minimum absolute atomic E-state index is 0.648. The van der Waals surface area contributed by atoms with E-state index in [2.05, 4.69) is 41.5 Å². The fourth-order valence-corrected chi connectivity index (χ4v) is 1.83. The molecule has 2 aromatic heterocycles. The van der Waals surface area contributed by atoms with Gasteiger partial charge in [-0.05, 0) is 19.4 Å². The van der Waals surface area contributed by atoms with Crippen molar-refractivity contribution in [2.45, 2.75) is 40.4 Å². The second kappa shape index (κ2) is 6.47. The van der Waals surface area contributed by atoms with E-state index in [9.17, 15) is 0 Å². The zero-order valence-electron chi connectivity index (χ0n) is 11.9. The Morgan fingerprint density at radius 1 is 1.26 bits per heavy atom. The van der Waals surface area contributed by atoms with E-state index in [0.29, 0.717) is 5.92 Å². The third-order valence-corrected chi connectivity index (χ3v) is 2.80. The van der Waals surface area contributed by atoms with Crippen molar-refractivity contribution in [3.05, 3.63) is 29.8 Å². The first kappa shape index (κ1) is 13.7. The Kier molecular flexibility index (Phi) is 4.68. The van der Waals surface area contributed by atoms with Crippen molar-refractivity contribution in [1.29, 1.82) is 0 Å². The number of nitrogens with one attached hydrogen (secondary N) is 1. The summed E-state index contributed by atoms with van der Waals surface area (Å²) >= 11 is 0. The van der Waals surface area contributed by atoms with E-state index in [1.165, 1.54) is 0 Å². The molecular weight excluding hydrogens is 240 g/mol. The molecular formula is C13H22N6. The molecule has 0 saturated carbocycles. The molecule has 6 nitrogen and oxygen atoms in total. The first-order valence-corrected chi connectivity index (χ1v) is 6.78. The van der Waals surface area contributed by atoms with Gasteiger partial charge in [0, 0.05) is 24.8 Å².